The van der Waals surface area contributed by atoms with E-state index in [1.807, 2.05) is 0 Å². The molecule has 0 aliphatic carbocycles. The zero-order valence-corrected chi connectivity index (χ0v) is 38.4. The standard InChI is InChI=1S/C34H68O15Si5/c1-51(16-6-11-36-21-31-26-41-31)45-50(15-5-10-35-20-30-25-40-30)46-52(2,17-7-12-37-22-32-27-42-32)48-54(4,19-9-14-39-24-34-29-44-34)49-53(3,47-51)18-8-13-38-23-33-28-43-33/h30-34,50H,5-29H2,1-4H3. The molecule has 0 radical (unpaired) electrons. The largest absolute Gasteiger partial charge is 0.418 e. The normalized spacial score (nSPS) is 38.7. The third kappa shape index (κ3) is 18.2. The van der Waals surface area contributed by atoms with Crippen LogP contribution in [0, 0.1) is 0 Å². The van der Waals surface area contributed by atoms with Crippen molar-refractivity contribution >= 4 is 43.5 Å². The molecule has 0 N–H and O–H groups in total. The maximum absolute atomic E-state index is 7.45. The minimum Gasteiger partial charge on any atom is -0.418 e. The van der Waals surface area contributed by atoms with Gasteiger partial charge in [0.1, 0.15) is 30.5 Å². The smallest absolute Gasteiger partial charge is 0.317 e. The van der Waals surface area contributed by atoms with Crippen molar-refractivity contribution in [1.29, 1.82) is 0 Å². The summed E-state index contributed by atoms with van der Waals surface area (Å²) in [7, 11) is -13.8. The van der Waals surface area contributed by atoms with Gasteiger partial charge in [0, 0.05) is 33.0 Å². The number of hydrogen-bond donors (Lipinski definition) is 0. The van der Waals surface area contributed by atoms with Crippen molar-refractivity contribution in [1.82, 2.24) is 0 Å². The molecule has 0 aromatic heterocycles. The Bertz CT molecular complexity index is 1020. The van der Waals surface area contributed by atoms with Crippen molar-refractivity contribution in [3.05, 3.63) is 0 Å². The summed E-state index contributed by atoms with van der Waals surface area (Å²) >= 11 is 0. The molecule has 0 bridgehead atoms. The second kappa shape index (κ2) is 21.7. The van der Waals surface area contributed by atoms with Crippen LogP contribution >= 0.6 is 0 Å². The Balaban J connectivity index is 1.18. The monoisotopic (exact) mass is 856 g/mol. The highest BCUT2D eigenvalue weighted by Gasteiger charge is 2.54. The van der Waals surface area contributed by atoms with Crippen LogP contribution in [0.3, 0.4) is 0 Å². The molecule has 0 amide bonds. The van der Waals surface area contributed by atoms with Gasteiger partial charge in [-0.3, -0.25) is 0 Å². The second-order valence-corrected chi connectivity index (χ2v) is 33.1. The molecule has 6 fully saturated rings. The summed E-state index contributed by atoms with van der Waals surface area (Å²) in [6.07, 6.45) is 5.35. The predicted octanol–water partition coefficient (Wildman–Crippen LogP) is 3.62. The van der Waals surface area contributed by atoms with Crippen LogP contribution in [0.5, 0.6) is 0 Å². The average molecular weight is 857 g/mol. The molecule has 9 atom stereocenters. The SMILES string of the molecule is C[Si]1(CCCOCC2CO2)O[SiH](CCCOCC2CO2)O[Si](C)(CCCOCC2CO2)O[Si](C)(CCCOCC2CO2)O[Si](C)(CCCOCC2CO2)O1. The molecule has 0 saturated carbocycles. The molecule has 314 valence electrons. The Morgan fingerprint density at radius 2 is 0.667 bits per heavy atom. The molecule has 6 aliphatic rings. The first-order valence-electron chi connectivity index (χ1n) is 20.5. The molecule has 15 nitrogen and oxygen atoms in total. The third-order valence-corrected chi connectivity index (χ3v) is 32.4. The molecular weight excluding hydrogens is 789 g/mol. The summed E-state index contributed by atoms with van der Waals surface area (Å²) in [4.78, 5) is 0. The lowest BCUT2D eigenvalue weighted by molar-refractivity contribution is 0.112. The van der Waals surface area contributed by atoms with Crippen LogP contribution in [-0.4, -0.2) is 173 Å². The summed E-state index contributed by atoms with van der Waals surface area (Å²) in [5.74, 6) is 0. The van der Waals surface area contributed by atoms with E-state index in [4.69, 9.17) is 67.9 Å². The van der Waals surface area contributed by atoms with Gasteiger partial charge in [0.25, 0.3) is 0 Å². The third-order valence-electron chi connectivity index (χ3n) is 9.99. The van der Waals surface area contributed by atoms with Crippen LogP contribution in [0.15, 0.2) is 0 Å². The summed E-state index contributed by atoms with van der Waals surface area (Å²) in [6.45, 7) is 19.2. The minimum atomic E-state index is -2.90. The number of epoxide rings is 5. The van der Waals surface area contributed by atoms with E-state index in [9.17, 15) is 0 Å². The molecule has 6 rings (SSSR count). The van der Waals surface area contributed by atoms with Crippen molar-refractivity contribution in [2.75, 3.05) is 99.1 Å². The van der Waals surface area contributed by atoms with E-state index in [2.05, 4.69) is 26.2 Å². The highest BCUT2D eigenvalue weighted by Crippen LogP contribution is 2.37. The first-order chi connectivity index (χ1) is 26.1. The minimum absolute atomic E-state index is 0.235. The van der Waals surface area contributed by atoms with Crippen molar-refractivity contribution in [2.24, 2.45) is 0 Å². The zero-order chi connectivity index (χ0) is 37.7. The van der Waals surface area contributed by atoms with Crippen molar-refractivity contribution < 1.29 is 67.9 Å². The summed E-state index contributed by atoms with van der Waals surface area (Å²) in [5.41, 5.74) is 0. The molecule has 6 aliphatic heterocycles. The number of ether oxygens (including phenoxy) is 10. The van der Waals surface area contributed by atoms with Crippen molar-refractivity contribution in [3.8, 4) is 0 Å². The van der Waals surface area contributed by atoms with Gasteiger partial charge in [0.2, 0.25) is 0 Å². The van der Waals surface area contributed by atoms with Gasteiger partial charge in [-0.15, -0.1) is 0 Å². The fraction of sp³-hybridized carbons (Fsp3) is 1.00. The Morgan fingerprint density at radius 3 is 0.963 bits per heavy atom. The van der Waals surface area contributed by atoms with E-state index in [-0.39, 0.29) is 30.5 Å². The Hall–Kier alpha value is 0.484. The van der Waals surface area contributed by atoms with Gasteiger partial charge < -0.3 is 67.9 Å². The maximum atomic E-state index is 7.45. The zero-order valence-electron chi connectivity index (χ0n) is 33.3. The summed E-state index contributed by atoms with van der Waals surface area (Å²) in [6, 6.07) is 3.93. The summed E-state index contributed by atoms with van der Waals surface area (Å²) in [5, 5.41) is 0. The van der Waals surface area contributed by atoms with Crippen LogP contribution in [-0.2, 0) is 67.9 Å². The summed E-state index contributed by atoms with van der Waals surface area (Å²) < 4.78 is 93.6. The topological polar surface area (TPSA) is 155 Å². The van der Waals surface area contributed by atoms with Gasteiger partial charge in [-0.2, -0.15) is 0 Å². The highest BCUT2D eigenvalue weighted by atomic mass is 28.5. The second-order valence-electron chi connectivity index (χ2n) is 16.2. The molecule has 54 heavy (non-hydrogen) atoms. The molecule has 0 aromatic rings. The highest BCUT2D eigenvalue weighted by molar-refractivity contribution is 6.91. The van der Waals surface area contributed by atoms with Crippen LogP contribution in [0.2, 0.25) is 56.4 Å². The quantitative estimate of drug-likeness (QED) is 0.0587. The van der Waals surface area contributed by atoms with Gasteiger partial charge in [-0.1, -0.05) is 0 Å². The molecule has 6 saturated heterocycles. The van der Waals surface area contributed by atoms with E-state index in [1.165, 1.54) is 0 Å². The van der Waals surface area contributed by atoms with Crippen LogP contribution in [0.25, 0.3) is 0 Å². The molecular formula is C34H68O15Si5. The lowest BCUT2D eigenvalue weighted by Crippen LogP contribution is -2.64. The van der Waals surface area contributed by atoms with E-state index in [0.29, 0.717) is 66.1 Å². The van der Waals surface area contributed by atoms with Gasteiger partial charge >= 0.3 is 43.5 Å². The van der Waals surface area contributed by atoms with Crippen molar-refractivity contribution in [3.63, 3.8) is 0 Å². The predicted molar refractivity (Wildman–Crippen MR) is 209 cm³/mol. The van der Waals surface area contributed by atoms with E-state index >= 15 is 0 Å². The Labute approximate surface area is 328 Å². The molecule has 9 unspecified atom stereocenters. The van der Waals surface area contributed by atoms with E-state index in [0.717, 1.165) is 95.4 Å². The van der Waals surface area contributed by atoms with Gasteiger partial charge in [-0.05, 0) is 88.5 Å². The van der Waals surface area contributed by atoms with Crippen LogP contribution < -0.4 is 0 Å². The molecule has 0 aromatic carbocycles. The van der Waals surface area contributed by atoms with Gasteiger partial charge in [0.05, 0.1) is 66.1 Å². The lowest BCUT2D eigenvalue weighted by Gasteiger charge is -2.48. The fourth-order valence-corrected chi connectivity index (χ4v) is 33.2. The van der Waals surface area contributed by atoms with E-state index in [1.54, 1.807) is 0 Å². The van der Waals surface area contributed by atoms with Crippen molar-refractivity contribution in [2.45, 2.75) is 119 Å². The lowest BCUT2D eigenvalue weighted by atomic mass is 10.5. The van der Waals surface area contributed by atoms with Crippen LogP contribution in [0.1, 0.15) is 32.1 Å². The molecule has 6 heterocycles. The average Bonchev–Trinajstić information content (AvgIpc) is 3.91. The van der Waals surface area contributed by atoms with Crippen LogP contribution in [0.4, 0.5) is 0 Å². The number of rotatable bonds is 30. The first-order valence-corrected chi connectivity index (χ1v) is 32.4. The Morgan fingerprint density at radius 1 is 0.407 bits per heavy atom. The van der Waals surface area contributed by atoms with Gasteiger partial charge in [0.15, 0.2) is 0 Å². The first kappa shape index (κ1) is 44.0. The van der Waals surface area contributed by atoms with E-state index < -0.39 is 43.5 Å². The number of hydrogen-bond acceptors (Lipinski definition) is 15. The van der Waals surface area contributed by atoms with Gasteiger partial charge in [-0.25, -0.2) is 0 Å². The maximum Gasteiger partial charge on any atom is 0.317 e. The fourth-order valence-electron chi connectivity index (χ4n) is 6.81. The molecule has 20 heteroatoms. The molecule has 0 spiro atoms. The Kier molecular flexibility index (Phi) is 17.7.